The highest BCUT2D eigenvalue weighted by atomic mass is 16.5. The normalized spacial score (nSPS) is 10.3. The summed E-state index contributed by atoms with van der Waals surface area (Å²) in [5.41, 5.74) is 1.99. The lowest BCUT2D eigenvalue weighted by atomic mass is 10.2. The second-order valence-corrected chi connectivity index (χ2v) is 3.25. The van der Waals surface area contributed by atoms with Crippen LogP contribution in [0.25, 0.3) is 0 Å². The van der Waals surface area contributed by atoms with E-state index < -0.39 is 0 Å². The van der Waals surface area contributed by atoms with Gasteiger partial charge in [-0.05, 0) is 19.9 Å². The fraction of sp³-hybridized carbons (Fsp3) is 0.300. The van der Waals surface area contributed by atoms with Gasteiger partial charge >= 0.3 is 0 Å². The lowest BCUT2D eigenvalue weighted by Gasteiger charge is -2.03. The SMILES string of the molecule is Cc1noc(C)c1CNc1ccncn1. The van der Waals surface area contributed by atoms with Crippen molar-refractivity contribution in [1.29, 1.82) is 0 Å². The zero-order valence-electron chi connectivity index (χ0n) is 8.69. The van der Waals surface area contributed by atoms with Crippen molar-refractivity contribution in [3.8, 4) is 0 Å². The van der Waals surface area contributed by atoms with E-state index in [1.165, 1.54) is 6.33 Å². The third-order valence-electron chi connectivity index (χ3n) is 2.21. The summed E-state index contributed by atoms with van der Waals surface area (Å²) in [5, 5.41) is 7.06. The fourth-order valence-corrected chi connectivity index (χ4v) is 1.33. The largest absolute Gasteiger partial charge is 0.366 e. The van der Waals surface area contributed by atoms with E-state index in [0.717, 1.165) is 22.8 Å². The average Bonchev–Trinajstić information content (AvgIpc) is 2.58. The van der Waals surface area contributed by atoms with E-state index in [0.29, 0.717) is 6.54 Å². The minimum atomic E-state index is 0.665. The summed E-state index contributed by atoms with van der Waals surface area (Å²) < 4.78 is 5.06. The molecule has 0 aliphatic rings. The Morgan fingerprint density at radius 1 is 1.40 bits per heavy atom. The lowest BCUT2D eigenvalue weighted by Crippen LogP contribution is -2.02. The van der Waals surface area contributed by atoms with E-state index >= 15 is 0 Å². The third kappa shape index (κ3) is 2.12. The number of anilines is 1. The molecule has 0 bridgehead atoms. The van der Waals surface area contributed by atoms with E-state index in [4.69, 9.17) is 4.52 Å². The Morgan fingerprint density at radius 2 is 2.27 bits per heavy atom. The van der Waals surface area contributed by atoms with Crippen LogP contribution in [0.15, 0.2) is 23.1 Å². The fourth-order valence-electron chi connectivity index (χ4n) is 1.33. The monoisotopic (exact) mass is 204 g/mol. The molecule has 0 saturated heterocycles. The number of hydrogen-bond donors (Lipinski definition) is 1. The topological polar surface area (TPSA) is 63.8 Å². The first-order valence-electron chi connectivity index (χ1n) is 4.69. The third-order valence-corrected chi connectivity index (χ3v) is 2.21. The van der Waals surface area contributed by atoms with Crippen molar-refractivity contribution in [2.75, 3.05) is 5.32 Å². The molecule has 0 spiro atoms. The Kier molecular flexibility index (Phi) is 2.62. The summed E-state index contributed by atoms with van der Waals surface area (Å²) in [7, 11) is 0. The van der Waals surface area contributed by atoms with Gasteiger partial charge in [-0.15, -0.1) is 0 Å². The Hall–Kier alpha value is -1.91. The van der Waals surface area contributed by atoms with Crippen LogP contribution in [0.2, 0.25) is 0 Å². The van der Waals surface area contributed by atoms with Crippen LogP contribution in [-0.4, -0.2) is 15.1 Å². The number of aryl methyl sites for hydroxylation is 2. The molecule has 0 atom stereocenters. The van der Waals surface area contributed by atoms with Crippen LogP contribution in [0.3, 0.4) is 0 Å². The number of aromatic nitrogens is 3. The number of nitrogens with one attached hydrogen (secondary N) is 1. The van der Waals surface area contributed by atoms with Gasteiger partial charge in [0.25, 0.3) is 0 Å². The quantitative estimate of drug-likeness (QED) is 0.824. The second kappa shape index (κ2) is 4.08. The van der Waals surface area contributed by atoms with Crippen LogP contribution in [0, 0.1) is 13.8 Å². The van der Waals surface area contributed by atoms with Gasteiger partial charge in [0.05, 0.1) is 5.69 Å². The van der Waals surface area contributed by atoms with Gasteiger partial charge in [0.1, 0.15) is 17.9 Å². The van der Waals surface area contributed by atoms with Crippen molar-refractivity contribution in [2.24, 2.45) is 0 Å². The van der Waals surface area contributed by atoms with E-state index in [2.05, 4.69) is 20.4 Å². The molecular weight excluding hydrogens is 192 g/mol. The molecule has 78 valence electrons. The van der Waals surface area contributed by atoms with Crippen LogP contribution >= 0.6 is 0 Å². The number of hydrogen-bond acceptors (Lipinski definition) is 5. The van der Waals surface area contributed by atoms with Crippen molar-refractivity contribution in [1.82, 2.24) is 15.1 Å². The summed E-state index contributed by atoms with van der Waals surface area (Å²) in [4.78, 5) is 7.91. The molecule has 5 nitrogen and oxygen atoms in total. The van der Waals surface area contributed by atoms with E-state index in [9.17, 15) is 0 Å². The predicted octanol–water partition coefficient (Wildman–Crippen LogP) is 1.69. The first-order valence-corrected chi connectivity index (χ1v) is 4.69. The van der Waals surface area contributed by atoms with Crippen LogP contribution in [0.5, 0.6) is 0 Å². The zero-order chi connectivity index (χ0) is 10.7. The minimum absolute atomic E-state index is 0.665. The average molecular weight is 204 g/mol. The van der Waals surface area contributed by atoms with Gasteiger partial charge in [-0.1, -0.05) is 5.16 Å². The molecule has 2 aromatic rings. The van der Waals surface area contributed by atoms with E-state index in [1.807, 2.05) is 19.9 Å². The first-order chi connectivity index (χ1) is 7.27. The van der Waals surface area contributed by atoms with Gasteiger partial charge in [-0.3, -0.25) is 0 Å². The van der Waals surface area contributed by atoms with Gasteiger partial charge in [0, 0.05) is 18.3 Å². The van der Waals surface area contributed by atoms with E-state index in [1.54, 1.807) is 6.20 Å². The minimum Gasteiger partial charge on any atom is -0.366 e. The molecule has 1 N–H and O–H groups in total. The molecule has 0 fully saturated rings. The van der Waals surface area contributed by atoms with Crippen molar-refractivity contribution < 1.29 is 4.52 Å². The van der Waals surface area contributed by atoms with Gasteiger partial charge < -0.3 is 9.84 Å². The van der Waals surface area contributed by atoms with Crippen molar-refractivity contribution in [3.63, 3.8) is 0 Å². The Morgan fingerprint density at radius 3 is 2.87 bits per heavy atom. The highest BCUT2D eigenvalue weighted by Crippen LogP contribution is 2.13. The standard InChI is InChI=1S/C10H12N4O/c1-7-9(8(2)15-14-7)5-12-10-3-4-11-6-13-10/h3-4,6H,5H2,1-2H3,(H,11,12,13). The molecule has 5 heteroatoms. The van der Waals surface area contributed by atoms with Gasteiger partial charge in [-0.25, -0.2) is 9.97 Å². The lowest BCUT2D eigenvalue weighted by molar-refractivity contribution is 0.392. The number of nitrogens with zero attached hydrogens (tertiary/aromatic N) is 3. The van der Waals surface area contributed by atoms with Crippen LogP contribution in [0.4, 0.5) is 5.82 Å². The summed E-state index contributed by atoms with van der Waals surface area (Å²) in [5.74, 6) is 1.64. The maximum Gasteiger partial charge on any atom is 0.138 e. The van der Waals surface area contributed by atoms with Crippen molar-refractivity contribution >= 4 is 5.82 Å². The van der Waals surface area contributed by atoms with Crippen molar-refractivity contribution in [3.05, 3.63) is 35.6 Å². The molecule has 2 aromatic heterocycles. The maximum absolute atomic E-state index is 5.06. The molecule has 0 saturated carbocycles. The Bertz CT molecular complexity index is 418. The Labute approximate surface area is 87.5 Å². The summed E-state index contributed by atoms with van der Waals surface area (Å²) in [6.07, 6.45) is 3.21. The molecule has 0 aliphatic carbocycles. The molecule has 0 aromatic carbocycles. The molecule has 2 rings (SSSR count). The molecule has 15 heavy (non-hydrogen) atoms. The highest BCUT2D eigenvalue weighted by Gasteiger charge is 2.07. The first kappa shape index (κ1) is 9.64. The van der Waals surface area contributed by atoms with Crippen LogP contribution in [-0.2, 0) is 6.54 Å². The number of rotatable bonds is 3. The van der Waals surface area contributed by atoms with Crippen LogP contribution in [0.1, 0.15) is 17.0 Å². The summed E-state index contributed by atoms with van der Waals surface area (Å²) in [6.45, 7) is 4.49. The molecular formula is C10H12N4O. The highest BCUT2D eigenvalue weighted by molar-refractivity contribution is 5.34. The molecule has 0 unspecified atom stereocenters. The summed E-state index contributed by atoms with van der Waals surface area (Å²) >= 11 is 0. The van der Waals surface area contributed by atoms with Gasteiger partial charge in [0.15, 0.2) is 0 Å². The molecule has 2 heterocycles. The molecule has 0 aliphatic heterocycles. The molecule has 0 amide bonds. The smallest absolute Gasteiger partial charge is 0.138 e. The second-order valence-electron chi connectivity index (χ2n) is 3.25. The Balaban J connectivity index is 2.05. The summed E-state index contributed by atoms with van der Waals surface area (Å²) in [6, 6.07) is 1.82. The van der Waals surface area contributed by atoms with E-state index in [-0.39, 0.29) is 0 Å². The molecule has 0 radical (unpaired) electrons. The van der Waals surface area contributed by atoms with Gasteiger partial charge in [0.2, 0.25) is 0 Å². The maximum atomic E-state index is 5.06. The predicted molar refractivity (Wildman–Crippen MR) is 55.3 cm³/mol. The van der Waals surface area contributed by atoms with Gasteiger partial charge in [-0.2, -0.15) is 0 Å². The zero-order valence-corrected chi connectivity index (χ0v) is 8.69. The van der Waals surface area contributed by atoms with Crippen molar-refractivity contribution in [2.45, 2.75) is 20.4 Å². The van der Waals surface area contributed by atoms with Crippen LogP contribution < -0.4 is 5.32 Å².